The molecule has 1 aliphatic rings. The lowest BCUT2D eigenvalue weighted by molar-refractivity contribution is 0.0695. The van der Waals surface area contributed by atoms with Crippen molar-refractivity contribution < 1.29 is 23.4 Å². The summed E-state index contributed by atoms with van der Waals surface area (Å²) in [6, 6.07) is 10.8. The number of halogens is 2. The monoisotopic (exact) mass is 410 g/mol. The number of rotatable bonds is 6. The van der Waals surface area contributed by atoms with Crippen molar-refractivity contribution in [3.63, 3.8) is 0 Å². The van der Waals surface area contributed by atoms with Crippen molar-refractivity contribution in [2.45, 2.75) is 26.0 Å². The molecule has 2 aromatic carbocycles. The molecule has 0 amide bonds. The molecule has 0 radical (unpaired) electrons. The minimum Gasteiger partial charge on any atom is -0.488 e. The van der Waals surface area contributed by atoms with Crippen LogP contribution >= 0.6 is 0 Å². The Bertz CT molecular complexity index is 1090. The van der Waals surface area contributed by atoms with Gasteiger partial charge in [-0.25, -0.2) is 13.6 Å². The van der Waals surface area contributed by atoms with E-state index in [9.17, 15) is 18.7 Å². The minimum atomic E-state index is -0.980. The van der Waals surface area contributed by atoms with Gasteiger partial charge in [0, 0.05) is 36.5 Å². The van der Waals surface area contributed by atoms with Gasteiger partial charge in [-0.2, -0.15) is 0 Å². The smallest absolute Gasteiger partial charge is 0.337 e. The third-order valence-electron chi connectivity index (χ3n) is 5.19. The standard InChI is InChI=1S/C23H20F2N2O3/c24-17-8-7-16(20(25)10-17)14-30-22-6-2-1-4-15(22)13-27-9-3-5-18-19(23(28)29)11-26-12-21(18)27/h1-2,4,6-8,10-12H,3,5,9,13-14H2,(H,28,29). The van der Waals surface area contributed by atoms with Gasteiger partial charge in [0.1, 0.15) is 24.0 Å². The Kier molecular flexibility index (Phi) is 5.61. The summed E-state index contributed by atoms with van der Waals surface area (Å²) in [7, 11) is 0. The second kappa shape index (κ2) is 8.49. The summed E-state index contributed by atoms with van der Waals surface area (Å²) in [6.07, 6.45) is 4.61. The van der Waals surface area contributed by atoms with E-state index in [2.05, 4.69) is 9.88 Å². The van der Waals surface area contributed by atoms with E-state index in [-0.39, 0.29) is 17.7 Å². The van der Waals surface area contributed by atoms with Crippen molar-refractivity contribution >= 4 is 11.7 Å². The van der Waals surface area contributed by atoms with Crippen molar-refractivity contribution in [1.29, 1.82) is 0 Å². The lowest BCUT2D eigenvalue weighted by Gasteiger charge is -2.32. The van der Waals surface area contributed by atoms with E-state index in [1.807, 2.05) is 18.2 Å². The zero-order valence-corrected chi connectivity index (χ0v) is 16.1. The predicted molar refractivity (Wildman–Crippen MR) is 108 cm³/mol. The second-order valence-corrected chi connectivity index (χ2v) is 7.15. The molecule has 154 valence electrons. The first kappa shape index (κ1) is 19.8. The van der Waals surface area contributed by atoms with E-state index in [1.165, 1.54) is 18.3 Å². The van der Waals surface area contributed by atoms with Crippen molar-refractivity contribution in [1.82, 2.24) is 4.98 Å². The molecule has 3 aromatic rings. The topological polar surface area (TPSA) is 62.7 Å². The summed E-state index contributed by atoms with van der Waals surface area (Å²) in [5.41, 5.74) is 2.98. The third kappa shape index (κ3) is 4.10. The normalized spacial score (nSPS) is 13.1. The van der Waals surface area contributed by atoms with Crippen LogP contribution in [-0.4, -0.2) is 22.6 Å². The minimum absolute atomic E-state index is 0.0234. The lowest BCUT2D eigenvalue weighted by Crippen LogP contribution is -2.30. The van der Waals surface area contributed by atoms with Gasteiger partial charge >= 0.3 is 5.97 Å². The van der Waals surface area contributed by atoms with Crippen molar-refractivity contribution in [3.8, 4) is 5.75 Å². The van der Waals surface area contributed by atoms with E-state index in [4.69, 9.17) is 4.74 Å². The number of aromatic nitrogens is 1. The SMILES string of the molecule is O=C(O)c1cncc2c1CCCN2Cc1ccccc1OCc1ccc(F)cc1F. The summed E-state index contributed by atoms with van der Waals surface area (Å²) in [4.78, 5) is 17.7. The molecule has 5 nitrogen and oxygen atoms in total. The molecular weight excluding hydrogens is 390 g/mol. The third-order valence-corrected chi connectivity index (χ3v) is 5.19. The van der Waals surface area contributed by atoms with Gasteiger partial charge in [0.05, 0.1) is 17.4 Å². The van der Waals surface area contributed by atoms with Gasteiger partial charge < -0.3 is 14.7 Å². The maximum Gasteiger partial charge on any atom is 0.337 e. The van der Waals surface area contributed by atoms with Crippen LogP contribution in [0, 0.1) is 11.6 Å². The van der Waals surface area contributed by atoms with E-state index in [0.717, 1.165) is 35.8 Å². The van der Waals surface area contributed by atoms with Gasteiger partial charge in [0.25, 0.3) is 0 Å². The van der Waals surface area contributed by atoms with Crippen LogP contribution in [0.4, 0.5) is 14.5 Å². The van der Waals surface area contributed by atoms with Crippen LogP contribution in [0.1, 0.15) is 33.5 Å². The Morgan fingerprint density at radius 2 is 1.97 bits per heavy atom. The van der Waals surface area contributed by atoms with Crippen LogP contribution in [0.15, 0.2) is 54.9 Å². The Labute approximate surface area is 172 Å². The Morgan fingerprint density at radius 3 is 2.77 bits per heavy atom. The molecule has 0 saturated carbocycles. The zero-order valence-electron chi connectivity index (χ0n) is 16.1. The van der Waals surface area contributed by atoms with Gasteiger partial charge in [-0.05, 0) is 36.6 Å². The maximum absolute atomic E-state index is 13.9. The number of hydrogen-bond donors (Lipinski definition) is 1. The molecular formula is C23H20F2N2O3. The molecule has 0 unspecified atom stereocenters. The number of fused-ring (bicyclic) bond motifs is 1. The number of nitrogens with zero attached hydrogens (tertiary/aromatic N) is 2. The van der Waals surface area contributed by atoms with E-state index in [1.54, 1.807) is 12.3 Å². The number of para-hydroxylation sites is 1. The average Bonchev–Trinajstić information content (AvgIpc) is 2.74. The van der Waals surface area contributed by atoms with Crippen LogP contribution in [0.3, 0.4) is 0 Å². The quantitative estimate of drug-likeness (QED) is 0.644. The predicted octanol–water partition coefficient (Wildman–Crippen LogP) is 4.59. The summed E-state index contributed by atoms with van der Waals surface area (Å²) < 4.78 is 32.9. The van der Waals surface area contributed by atoms with Gasteiger partial charge in [-0.15, -0.1) is 0 Å². The number of anilines is 1. The molecule has 0 bridgehead atoms. The fraction of sp³-hybridized carbons (Fsp3) is 0.217. The highest BCUT2D eigenvalue weighted by molar-refractivity contribution is 5.91. The highest BCUT2D eigenvalue weighted by atomic mass is 19.1. The maximum atomic E-state index is 13.9. The number of pyridine rings is 1. The van der Waals surface area contributed by atoms with Crippen molar-refractivity contribution in [2.75, 3.05) is 11.4 Å². The summed E-state index contributed by atoms with van der Waals surface area (Å²) in [5, 5.41) is 9.45. The molecule has 1 N–H and O–H groups in total. The van der Waals surface area contributed by atoms with Crippen LogP contribution in [0.2, 0.25) is 0 Å². The van der Waals surface area contributed by atoms with E-state index < -0.39 is 17.6 Å². The number of carbonyl (C=O) groups is 1. The molecule has 1 aromatic heterocycles. The molecule has 1 aliphatic heterocycles. The average molecular weight is 410 g/mol. The second-order valence-electron chi connectivity index (χ2n) is 7.15. The summed E-state index contributed by atoms with van der Waals surface area (Å²) in [6.45, 7) is 1.24. The Balaban J connectivity index is 1.56. The first-order valence-electron chi connectivity index (χ1n) is 9.62. The molecule has 0 atom stereocenters. The first-order valence-corrected chi connectivity index (χ1v) is 9.62. The van der Waals surface area contributed by atoms with Crippen molar-refractivity contribution in [3.05, 3.63) is 88.7 Å². The molecule has 0 spiro atoms. The number of hydrogen-bond acceptors (Lipinski definition) is 4. The van der Waals surface area contributed by atoms with Gasteiger partial charge in [0.2, 0.25) is 0 Å². The van der Waals surface area contributed by atoms with E-state index in [0.29, 0.717) is 18.7 Å². The highest BCUT2D eigenvalue weighted by Gasteiger charge is 2.23. The molecule has 2 heterocycles. The molecule has 30 heavy (non-hydrogen) atoms. The van der Waals surface area contributed by atoms with Gasteiger partial charge in [0.15, 0.2) is 0 Å². The number of carboxylic acids is 1. The largest absolute Gasteiger partial charge is 0.488 e. The molecule has 4 rings (SSSR count). The van der Waals surface area contributed by atoms with E-state index >= 15 is 0 Å². The number of benzene rings is 2. The van der Waals surface area contributed by atoms with Crippen molar-refractivity contribution in [2.24, 2.45) is 0 Å². The summed E-state index contributed by atoms with van der Waals surface area (Å²) in [5.74, 6) is -1.67. The highest BCUT2D eigenvalue weighted by Crippen LogP contribution is 2.32. The first-order chi connectivity index (χ1) is 14.5. The van der Waals surface area contributed by atoms with Gasteiger partial charge in [-0.3, -0.25) is 4.98 Å². The molecule has 0 aliphatic carbocycles. The lowest BCUT2D eigenvalue weighted by atomic mass is 9.98. The molecule has 7 heteroatoms. The van der Waals surface area contributed by atoms with Gasteiger partial charge in [-0.1, -0.05) is 18.2 Å². The molecule has 0 saturated heterocycles. The van der Waals surface area contributed by atoms with Crippen LogP contribution in [0.25, 0.3) is 0 Å². The molecule has 0 fully saturated rings. The fourth-order valence-electron chi connectivity index (χ4n) is 3.70. The number of aromatic carboxylic acids is 1. The Hall–Kier alpha value is -3.48. The van der Waals surface area contributed by atoms with Crippen LogP contribution < -0.4 is 9.64 Å². The fourth-order valence-corrected chi connectivity index (χ4v) is 3.70. The Morgan fingerprint density at radius 1 is 1.13 bits per heavy atom. The van der Waals surface area contributed by atoms with Crippen LogP contribution in [-0.2, 0) is 19.6 Å². The summed E-state index contributed by atoms with van der Waals surface area (Å²) >= 11 is 0. The zero-order chi connectivity index (χ0) is 21.1. The van der Waals surface area contributed by atoms with Crippen LogP contribution in [0.5, 0.6) is 5.75 Å². The number of ether oxygens (including phenoxy) is 1. The number of carboxylic acid groups (broad SMARTS) is 1.